The first-order valence-electron chi connectivity index (χ1n) is 2.20. The van der Waals surface area contributed by atoms with Crippen LogP contribution in [-0.2, 0) is 0 Å². The molecule has 0 aromatic heterocycles. The van der Waals surface area contributed by atoms with E-state index in [-0.39, 0.29) is 6.26 Å². The smallest absolute Gasteiger partial charge is 0.00170 e. The predicted octanol–water partition coefficient (Wildman–Crippen LogP) is -2.02. The van der Waals surface area contributed by atoms with Crippen LogP contribution in [-0.4, -0.2) is 5.12 Å². The van der Waals surface area contributed by atoms with Crippen LogP contribution >= 0.6 is 0 Å². The highest BCUT2D eigenvalue weighted by Crippen LogP contribution is 1.97. The summed E-state index contributed by atoms with van der Waals surface area (Å²) < 4.78 is 0. The van der Waals surface area contributed by atoms with Crippen LogP contribution in [0.4, 0.5) is 0 Å². The fourth-order valence-corrected chi connectivity index (χ4v) is 0.304. The van der Waals surface area contributed by atoms with Crippen LogP contribution in [0.5, 0.6) is 0 Å². The Kier molecular flexibility index (Phi) is 1.64. The molecule has 0 saturated carbocycles. The monoisotopic (exact) mass is 142 g/mol. The average molecular weight is 142 g/mol. The molecule has 0 aliphatic carbocycles. The molecule has 1 heterocycles. The maximum absolute atomic E-state index is 10.4. The summed E-state index contributed by atoms with van der Waals surface area (Å²) in [4.78, 5) is 0. The predicted molar refractivity (Wildman–Crippen MR) is 22.8 cm³/mol. The highest BCUT2D eigenvalue weighted by Gasteiger charge is 1.97. The van der Waals surface area contributed by atoms with Gasteiger partial charge in [0.2, 0.25) is 0 Å². The molecule has 8 heteroatoms. The van der Waals surface area contributed by atoms with Gasteiger partial charge in [0.05, 0.1) is 0 Å². The molecule has 0 aromatic carbocycles. The summed E-state index contributed by atoms with van der Waals surface area (Å²) in [6.07, 6.45) is 0.0762. The Balaban J connectivity index is 2.59. The lowest BCUT2D eigenvalue weighted by atomic mass is 10.9. The number of rotatable bonds is 1. The third-order valence-corrected chi connectivity index (χ3v) is 0.663. The summed E-state index contributed by atoms with van der Waals surface area (Å²) in [6, 6.07) is 0. The Hall–Kier alpha value is -1.86. The van der Waals surface area contributed by atoms with E-state index in [2.05, 4.69) is 20.9 Å². The number of hydrogen-bond acceptors (Lipinski definition) is 8. The van der Waals surface area contributed by atoms with Crippen molar-refractivity contribution in [3.05, 3.63) is 12.1 Å². The molecule has 8 nitrogen and oxygen atoms in total. The lowest BCUT2D eigenvalue weighted by molar-refractivity contribution is -0.369. The van der Waals surface area contributed by atoms with Crippen LogP contribution in [0.25, 0.3) is 0 Å². The van der Waals surface area contributed by atoms with E-state index in [1.807, 2.05) is 5.53 Å². The van der Waals surface area contributed by atoms with Crippen LogP contribution in [0.1, 0.15) is 0 Å². The third-order valence-electron chi connectivity index (χ3n) is 0.663. The molecule has 0 saturated heterocycles. The first kappa shape index (κ1) is 6.26. The Labute approximate surface area is 55.1 Å². The van der Waals surface area contributed by atoms with Gasteiger partial charge in [-0.3, -0.25) is 0 Å². The fourth-order valence-electron chi connectivity index (χ4n) is 0.304. The number of hydrazine groups is 1. The Morgan fingerprint density at radius 2 is 2.30 bits per heavy atom. The highest BCUT2D eigenvalue weighted by molar-refractivity contribution is 4.74. The van der Waals surface area contributed by atoms with Crippen molar-refractivity contribution in [3.63, 3.8) is 0 Å². The molecule has 0 unspecified atom stereocenters. The summed E-state index contributed by atoms with van der Waals surface area (Å²) in [7, 11) is 0. The van der Waals surface area contributed by atoms with E-state index in [1.54, 1.807) is 0 Å². The first-order chi connectivity index (χ1) is 4.84. The quantitative estimate of drug-likeness (QED) is 0.425. The van der Waals surface area contributed by atoms with Crippen molar-refractivity contribution in [2.24, 2.45) is 20.9 Å². The maximum atomic E-state index is 10.4. The Bertz CT molecular complexity index is 196. The average Bonchev–Trinajstić information content (AvgIpc) is 2.05. The standard InChI is InChI=1S/C2H4N6O2/c9-1-2(10)8-6-4-3-5-7-8/h1,9-10H,(H,3,6,7)/p-2. The topological polar surface area (TPSA) is 111 Å². The molecule has 0 fully saturated rings. The Morgan fingerprint density at radius 1 is 1.50 bits per heavy atom. The lowest BCUT2D eigenvalue weighted by Crippen LogP contribution is -2.35. The number of nitrogens with zero attached hydrogens (tertiary/aromatic N) is 5. The molecule has 0 radical (unpaired) electrons. The van der Waals surface area contributed by atoms with Gasteiger partial charge in [-0.1, -0.05) is 0 Å². The van der Waals surface area contributed by atoms with Gasteiger partial charge in [0.15, 0.2) is 0 Å². The van der Waals surface area contributed by atoms with Crippen LogP contribution in [0.15, 0.2) is 33.0 Å². The first-order valence-corrected chi connectivity index (χ1v) is 2.20. The zero-order valence-corrected chi connectivity index (χ0v) is 4.63. The summed E-state index contributed by atoms with van der Waals surface area (Å²) in [5.41, 5.74) is 2.02. The van der Waals surface area contributed by atoms with E-state index < -0.39 is 5.88 Å². The van der Waals surface area contributed by atoms with E-state index in [4.69, 9.17) is 0 Å². The zero-order valence-electron chi connectivity index (χ0n) is 4.63. The van der Waals surface area contributed by atoms with E-state index in [1.165, 1.54) is 0 Å². The molecular weight excluding hydrogens is 140 g/mol. The van der Waals surface area contributed by atoms with Gasteiger partial charge >= 0.3 is 0 Å². The molecule has 1 aliphatic heterocycles. The minimum absolute atomic E-state index is 0.0762. The zero-order chi connectivity index (χ0) is 7.40. The van der Waals surface area contributed by atoms with E-state index in [0.717, 1.165) is 0 Å². The molecule has 1 N–H and O–H groups in total. The van der Waals surface area contributed by atoms with Gasteiger partial charge in [-0.05, 0) is 26.8 Å². The molecule has 1 aliphatic rings. The van der Waals surface area contributed by atoms with Crippen LogP contribution in [0, 0.1) is 0 Å². The van der Waals surface area contributed by atoms with Gasteiger partial charge in [0.25, 0.3) is 0 Å². The van der Waals surface area contributed by atoms with Crippen molar-refractivity contribution in [1.82, 2.24) is 10.7 Å². The summed E-state index contributed by atoms with van der Waals surface area (Å²) in [5.74, 6) is -0.887. The second kappa shape index (κ2) is 2.62. The van der Waals surface area contributed by atoms with Crippen molar-refractivity contribution in [2.75, 3.05) is 0 Å². The molecule has 54 valence electrons. The van der Waals surface area contributed by atoms with Gasteiger partial charge in [0, 0.05) is 0 Å². The number of hydrogen-bond donors (Lipinski definition) is 1. The molecule has 0 bridgehead atoms. The van der Waals surface area contributed by atoms with Gasteiger partial charge < -0.3 is 10.2 Å². The van der Waals surface area contributed by atoms with Crippen LogP contribution in [0.3, 0.4) is 0 Å². The second-order valence-corrected chi connectivity index (χ2v) is 1.24. The minimum Gasteiger partial charge on any atom is -0.877 e. The minimum atomic E-state index is -0.887. The summed E-state index contributed by atoms with van der Waals surface area (Å²) >= 11 is 0. The lowest BCUT2D eigenvalue weighted by Gasteiger charge is -2.24. The second-order valence-electron chi connectivity index (χ2n) is 1.24. The molecular formula is C2H2N6O2-2. The number of nitrogens with one attached hydrogen (secondary N) is 1. The van der Waals surface area contributed by atoms with Gasteiger partial charge in [-0.2, -0.15) is 10.7 Å². The van der Waals surface area contributed by atoms with E-state index in [0.29, 0.717) is 5.12 Å². The molecule has 0 spiro atoms. The highest BCUT2D eigenvalue weighted by atomic mass is 16.3. The molecule has 10 heavy (non-hydrogen) atoms. The van der Waals surface area contributed by atoms with E-state index in [9.17, 15) is 10.2 Å². The Morgan fingerprint density at radius 3 is 2.80 bits per heavy atom. The van der Waals surface area contributed by atoms with Crippen molar-refractivity contribution >= 4 is 0 Å². The van der Waals surface area contributed by atoms with Crippen LogP contribution < -0.4 is 15.7 Å². The normalized spacial score (nSPS) is 17.2. The van der Waals surface area contributed by atoms with Gasteiger partial charge in [0.1, 0.15) is 0 Å². The maximum Gasteiger partial charge on any atom is -0.00170 e. The fraction of sp³-hybridized carbons (Fsp3) is 0. The van der Waals surface area contributed by atoms with E-state index >= 15 is 0 Å². The van der Waals surface area contributed by atoms with Crippen molar-refractivity contribution in [1.29, 1.82) is 0 Å². The van der Waals surface area contributed by atoms with Crippen LogP contribution in [0.2, 0.25) is 0 Å². The molecule has 0 aromatic rings. The third kappa shape index (κ3) is 1.10. The largest absolute Gasteiger partial charge is 0.877 e. The van der Waals surface area contributed by atoms with Crippen molar-refractivity contribution in [2.45, 2.75) is 0 Å². The summed E-state index contributed by atoms with van der Waals surface area (Å²) in [6.45, 7) is 0. The SMILES string of the molecule is [O-]C=C([O-])N1N=NN=NN1. The van der Waals surface area contributed by atoms with Gasteiger partial charge in [-0.15, -0.1) is 6.26 Å². The molecule has 0 amide bonds. The molecule has 0 atom stereocenters. The van der Waals surface area contributed by atoms with Crippen molar-refractivity contribution < 1.29 is 10.2 Å². The van der Waals surface area contributed by atoms with Crippen molar-refractivity contribution in [3.8, 4) is 0 Å². The molecule has 1 rings (SSSR count). The van der Waals surface area contributed by atoms with Gasteiger partial charge in [-0.25, -0.2) is 0 Å². The summed E-state index contributed by atoms with van der Waals surface area (Å²) in [5, 5.41) is 33.0.